The summed E-state index contributed by atoms with van der Waals surface area (Å²) in [5.74, 6) is 0. The SMILES string of the molecule is c1ccc(C2(c3ccccc3)c3ccccc3-c3ccc(N(c4ccc(-c5ccc(-c6ccccc6-n6c7ccccc7c7ccccc76)cc5)cc4)c4ccc(-c5cccc(-c6ccc7ccccc7c6)c5)cc4)cc32)cc1. The van der Waals surface area contributed by atoms with Crippen LogP contribution in [0.3, 0.4) is 0 Å². The Labute approximate surface area is 461 Å². The number of nitrogens with zero attached hydrogens (tertiary/aromatic N) is 2. The van der Waals surface area contributed by atoms with Gasteiger partial charge in [-0.05, 0) is 150 Å². The number of rotatable bonds is 10. The highest BCUT2D eigenvalue weighted by Crippen LogP contribution is 2.57. The molecule has 1 heterocycles. The highest BCUT2D eigenvalue weighted by atomic mass is 15.1. The van der Waals surface area contributed by atoms with Gasteiger partial charge >= 0.3 is 0 Å². The zero-order valence-corrected chi connectivity index (χ0v) is 43.4. The van der Waals surface area contributed by atoms with Gasteiger partial charge in [-0.25, -0.2) is 0 Å². The van der Waals surface area contributed by atoms with Crippen LogP contribution in [0.5, 0.6) is 0 Å². The van der Waals surface area contributed by atoms with Crippen molar-refractivity contribution in [3.63, 3.8) is 0 Å². The standard InChI is InChI=1S/C77H52N2/c1-3-22-62(23-4-1)77(63-24-5-2-6-25-63)72-30-13-9-27-68(72)69-49-48-66(52-73(69)77)78(65-46-42-56(43-47-65)59-20-17-21-60(50-59)61-39-36-53-18-7-8-19-58(53)51-61)64-44-40-55(41-45-64)54-34-37-57(38-35-54)67-26-10-14-31-74(67)79-75-32-15-11-28-70(75)71-29-12-16-33-76(71)79/h1-52H. The van der Waals surface area contributed by atoms with Crippen LogP contribution in [0.2, 0.25) is 0 Å². The van der Waals surface area contributed by atoms with E-state index in [1.54, 1.807) is 0 Å². The Morgan fingerprint density at radius 3 is 1.37 bits per heavy atom. The normalized spacial score (nSPS) is 12.4. The summed E-state index contributed by atoms with van der Waals surface area (Å²) in [5, 5.41) is 5.01. The summed E-state index contributed by atoms with van der Waals surface area (Å²) in [5.41, 5.74) is 23.3. The average molecular weight is 1010 g/mol. The van der Waals surface area contributed by atoms with Crippen molar-refractivity contribution in [2.24, 2.45) is 0 Å². The minimum atomic E-state index is -0.532. The molecule has 15 rings (SSSR count). The van der Waals surface area contributed by atoms with E-state index >= 15 is 0 Å². The summed E-state index contributed by atoms with van der Waals surface area (Å²) in [7, 11) is 0. The van der Waals surface area contributed by atoms with E-state index in [0.29, 0.717) is 0 Å². The Kier molecular flexibility index (Phi) is 11.1. The second kappa shape index (κ2) is 19.1. The highest BCUT2D eigenvalue weighted by molar-refractivity contribution is 6.10. The van der Waals surface area contributed by atoms with Crippen molar-refractivity contribution >= 4 is 49.6 Å². The van der Waals surface area contributed by atoms with Gasteiger partial charge in [0, 0.05) is 33.4 Å². The fourth-order valence-corrected chi connectivity index (χ4v) is 12.8. The number of para-hydroxylation sites is 3. The smallest absolute Gasteiger partial charge is 0.0714 e. The van der Waals surface area contributed by atoms with Crippen LogP contribution in [0.4, 0.5) is 17.1 Å². The second-order valence-corrected chi connectivity index (χ2v) is 20.8. The van der Waals surface area contributed by atoms with E-state index in [1.807, 2.05) is 0 Å². The topological polar surface area (TPSA) is 8.17 Å². The molecule has 1 aliphatic carbocycles. The molecule has 0 unspecified atom stereocenters. The predicted octanol–water partition coefficient (Wildman–Crippen LogP) is 20.4. The molecule has 0 saturated heterocycles. The lowest BCUT2D eigenvalue weighted by molar-refractivity contribution is 0.768. The van der Waals surface area contributed by atoms with Crippen LogP contribution in [0, 0.1) is 0 Å². The largest absolute Gasteiger partial charge is 0.310 e. The molecule has 0 fully saturated rings. The first-order valence-electron chi connectivity index (χ1n) is 27.3. The van der Waals surface area contributed by atoms with Gasteiger partial charge in [0.2, 0.25) is 0 Å². The number of aromatic nitrogens is 1. The number of hydrogen-bond acceptors (Lipinski definition) is 1. The number of benzene rings is 13. The molecule has 0 radical (unpaired) electrons. The van der Waals surface area contributed by atoms with Crippen molar-refractivity contribution in [2.45, 2.75) is 5.41 Å². The fraction of sp³-hybridized carbons (Fsp3) is 0.0130. The maximum absolute atomic E-state index is 2.46. The summed E-state index contributed by atoms with van der Waals surface area (Å²) in [4.78, 5) is 2.43. The lowest BCUT2D eigenvalue weighted by Crippen LogP contribution is -2.28. The van der Waals surface area contributed by atoms with Crippen LogP contribution in [0.1, 0.15) is 22.3 Å². The van der Waals surface area contributed by atoms with E-state index in [0.717, 1.165) is 28.2 Å². The van der Waals surface area contributed by atoms with Gasteiger partial charge in [0.05, 0.1) is 22.1 Å². The van der Waals surface area contributed by atoms with Gasteiger partial charge in [-0.2, -0.15) is 0 Å². The van der Waals surface area contributed by atoms with Crippen LogP contribution in [0.25, 0.3) is 93.9 Å². The molecule has 2 heteroatoms. The van der Waals surface area contributed by atoms with Crippen molar-refractivity contribution in [1.82, 2.24) is 4.57 Å². The van der Waals surface area contributed by atoms with Gasteiger partial charge in [-0.15, -0.1) is 0 Å². The van der Waals surface area contributed by atoms with Crippen LogP contribution < -0.4 is 4.90 Å². The lowest BCUT2D eigenvalue weighted by Gasteiger charge is -2.35. The molecule has 0 bridgehead atoms. The maximum atomic E-state index is 2.46. The van der Waals surface area contributed by atoms with E-state index in [1.165, 1.54) is 105 Å². The van der Waals surface area contributed by atoms with Crippen LogP contribution >= 0.6 is 0 Å². The molecular formula is C77H52N2. The minimum absolute atomic E-state index is 0.532. The molecular weight excluding hydrogens is 953 g/mol. The molecule has 0 amide bonds. The number of hydrogen-bond donors (Lipinski definition) is 0. The first-order valence-corrected chi connectivity index (χ1v) is 27.3. The van der Waals surface area contributed by atoms with E-state index in [2.05, 4.69) is 325 Å². The quantitative estimate of drug-likeness (QED) is 0.133. The zero-order chi connectivity index (χ0) is 52.3. The van der Waals surface area contributed by atoms with Crippen molar-refractivity contribution in [2.75, 3.05) is 4.90 Å². The van der Waals surface area contributed by atoms with Gasteiger partial charge < -0.3 is 9.47 Å². The van der Waals surface area contributed by atoms with E-state index < -0.39 is 5.41 Å². The number of fused-ring (bicyclic) bond motifs is 7. The van der Waals surface area contributed by atoms with Gasteiger partial charge in [0.15, 0.2) is 0 Å². The Morgan fingerprint density at radius 1 is 0.253 bits per heavy atom. The summed E-state index contributed by atoms with van der Waals surface area (Å²) in [6, 6.07) is 116. The Balaban J connectivity index is 0.825. The third kappa shape index (κ3) is 7.71. The average Bonchev–Trinajstić information content (AvgIpc) is 3.70. The lowest BCUT2D eigenvalue weighted by atomic mass is 9.67. The maximum Gasteiger partial charge on any atom is 0.0714 e. The number of anilines is 3. The van der Waals surface area contributed by atoms with Crippen LogP contribution in [0.15, 0.2) is 315 Å². The molecule has 2 nitrogen and oxygen atoms in total. The molecule has 13 aromatic carbocycles. The fourth-order valence-electron chi connectivity index (χ4n) is 12.8. The van der Waals surface area contributed by atoms with E-state index in [4.69, 9.17) is 0 Å². The third-order valence-electron chi connectivity index (χ3n) is 16.5. The Hall–Kier alpha value is -10.3. The van der Waals surface area contributed by atoms with Crippen LogP contribution in [-0.4, -0.2) is 4.57 Å². The van der Waals surface area contributed by atoms with Gasteiger partial charge in [-0.1, -0.05) is 249 Å². The van der Waals surface area contributed by atoms with E-state index in [-0.39, 0.29) is 0 Å². The molecule has 14 aromatic rings. The molecule has 1 aromatic heterocycles. The highest BCUT2D eigenvalue weighted by Gasteiger charge is 2.46. The summed E-state index contributed by atoms with van der Waals surface area (Å²) in [6.45, 7) is 0. The first-order chi connectivity index (χ1) is 39.2. The summed E-state index contributed by atoms with van der Waals surface area (Å²) >= 11 is 0. The molecule has 370 valence electrons. The third-order valence-corrected chi connectivity index (χ3v) is 16.5. The van der Waals surface area contributed by atoms with Gasteiger partial charge in [-0.3, -0.25) is 0 Å². The zero-order valence-electron chi connectivity index (χ0n) is 43.4. The predicted molar refractivity (Wildman–Crippen MR) is 332 cm³/mol. The van der Waals surface area contributed by atoms with Crippen molar-refractivity contribution in [1.29, 1.82) is 0 Å². The molecule has 0 spiro atoms. The molecule has 0 saturated carbocycles. The summed E-state index contributed by atoms with van der Waals surface area (Å²) < 4.78 is 2.42. The minimum Gasteiger partial charge on any atom is -0.310 e. The Morgan fingerprint density at radius 2 is 0.709 bits per heavy atom. The second-order valence-electron chi connectivity index (χ2n) is 20.8. The molecule has 79 heavy (non-hydrogen) atoms. The van der Waals surface area contributed by atoms with Gasteiger partial charge in [0.1, 0.15) is 0 Å². The monoisotopic (exact) mass is 1000 g/mol. The van der Waals surface area contributed by atoms with Crippen LogP contribution in [-0.2, 0) is 5.41 Å². The van der Waals surface area contributed by atoms with Crippen molar-refractivity contribution in [3.05, 3.63) is 338 Å². The van der Waals surface area contributed by atoms with Crippen molar-refractivity contribution < 1.29 is 0 Å². The van der Waals surface area contributed by atoms with E-state index in [9.17, 15) is 0 Å². The summed E-state index contributed by atoms with van der Waals surface area (Å²) in [6.07, 6.45) is 0. The molecule has 0 aliphatic heterocycles. The Bertz CT molecular complexity index is 4480. The molecule has 1 aliphatic rings. The molecule has 0 N–H and O–H groups in total. The van der Waals surface area contributed by atoms with Gasteiger partial charge in [0.25, 0.3) is 0 Å². The molecule has 0 atom stereocenters. The van der Waals surface area contributed by atoms with Crippen molar-refractivity contribution in [3.8, 4) is 61.3 Å². The first kappa shape index (κ1) is 46.1.